The van der Waals surface area contributed by atoms with E-state index in [9.17, 15) is 4.79 Å². The Balaban J connectivity index is 0.00000441. The summed E-state index contributed by atoms with van der Waals surface area (Å²) in [4.78, 5) is 15.7. The van der Waals surface area contributed by atoms with Crippen LogP contribution in [0.5, 0.6) is 0 Å². The summed E-state index contributed by atoms with van der Waals surface area (Å²) in [6.07, 6.45) is 0. The lowest BCUT2D eigenvalue weighted by atomic mass is 10.1. The number of guanidine groups is 1. The fourth-order valence-corrected chi connectivity index (χ4v) is 1.69. The van der Waals surface area contributed by atoms with Crippen LogP contribution in [-0.2, 0) is 11.3 Å². The van der Waals surface area contributed by atoms with Gasteiger partial charge in [-0.2, -0.15) is 0 Å². The molecule has 0 aliphatic carbocycles. The van der Waals surface area contributed by atoms with Crippen molar-refractivity contribution >= 4 is 35.9 Å². The van der Waals surface area contributed by atoms with Crippen molar-refractivity contribution in [2.45, 2.75) is 40.3 Å². The van der Waals surface area contributed by atoms with Gasteiger partial charge in [0.1, 0.15) is 17.1 Å². The minimum atomic E-state index is -0.390. The van der Waals surface area contributed by atoms with Gasteiger partial charge in [0.05, 0.1) is 13.7 Å². The standard InChI is InChI=1S/C15H25N3O3.HI/c1-9(2)10(3)18-15(16-5)17-8-12-7-13(11(4)21-12)14(19)20-6;/h7,9-10H,8H2,1-6H3,(H2,16,17,18);1H. The second-order valence-electron chi connectivity index (χ2n) is 5.28. The van der Waals surface area contributed by atoms with Crippen LogP contribution < -0.4 is 10.6 Å². The van der Waals surface area contributed by atoms with Gasteiger partial charge in [0.2, 0.25) is 0 Å². The van der Waals surface area contributed by atoms with Crippen molar-refractivity contribution in [1.29, 1.82) is 0 Å². The molecule has 0 radical (unpaired) electrons. The van der Waals surface area contributed by atoms with Gasteiger partial charge in [-0.15, -0.1) is 24.0 Å². The molecule has 1 aromatic rings. The SMILES string of the molecule is CN=C(NCc1cc(C(=O)OC)c(C)o1)NC(C)C(C)C.I. The number of methoxy groups -OCH3 is 1. The van der Waals surface area contributed by atoms with Crippen molar-refractivity contribution in [3.63, 3.8) is 0 Å². The number of esters is 1. The predicted molar refractivity (Wildman–Crippen MR) is 97.8 cm³/mol. The number of hydrogen-bond acceptors (Lipinski definition) is 4. The Bertz CT molecular complexity index is 512. The lowest BCUT2D eigenvalue weighted by Crippen LogP contribution is -2.43. The molecule has 1 aromatic heterocycles. The van der Waals surface area contributed by atoms with Gasteiger partial charge in [-0.05, 0) is 25.8 Å². The number of carbonyl (C=O) groups excluding carboxylic acids is 1. The van der Waals surface area contributed by atoms with E-state index in [2.05, 4.69) is 36.4 Å². The predicted octanol–water partition coefficient (Wildman–Crippen LogP) is 2.70. The molecule has 7 heteroatoms. The first-order valence-electron chi connectivity index (χ1n) is 7.03. The molecule has 1 unspecified atom stereocenters. The van der Waals surface area contributed by atoms with Crippen molar-refractivity contribution < 1.29 is 13.9 Å². The van der Waals surface area contributed by atoms with Crippen LogP contribution in [0, 0.1) is 12.8 Å². The van der Waals surface area contributed by atoms with Crippen molar-refractivity contribution in [1.82, 2.24) is 10.6 Å². The lowest BCUT2D eigenvalue weighted by Gasteiger charge is -2.20. The molecule has 2 N–H and O–H groups in total. The summed E-state index contributed by atoms with van der Waals surface area (Å²) >= 11 is 0. The number of hydrogen-bond donors (Lipinski definition) is 2. The topological polar surface area (TPSA) is 75.9 Å². The summed E-state index contributed by atoms with van der Waals surface area (Å²) in [5, 5.41) is 6.46. The smallest absolute Gasteiger partial charge is 0.341 e. The van der Waals surface area contributed by atoms with Crippen LogP contribution in [0.4, 0.5) is 0 Å². The summed E-state index contributed by atoms with van der Waals surface area (Å²) in [6.45, 7) is 8.57. The summed E-state index contributed by atoms with van der Waals surface area (Å²) in [5.74, 6) is 2.02. The Hall–Kier alpha value is -1.25. The van der Waals surface area contributed by atoms with Crippen LogP contribution in [0.15, 0.2) is 15.5 Å². The summed E-state index contributed by atoms with van der Waals surface area (Å²) < 4.78 is 10.2. The van der Waals surface area contributed by atoms with E-state index in [1.165, 1.54) is 7.11 Å². The largest absolute Gasteiger partial charge is 0.465 e. The van der Waals surface area contributed by atoms with E-state index in [-0.39, 0.29) is 24.0 Å². The molecular weight excluding hydrogens is 397 g/mol. The first-order chi connectivity index (χ1) is 9.88. The van der Waals surface area contributed by atoms with Crippen molar-refractivity contribution in [3.8, 4) is 0 Å². The van der Waals surface area contributed by atoms with Crippen molar-refractivity contribution in [3.05, 3.63) is 23.2 Å². The average Bonchev–Trinajstić information content (AvgIpc) is 2.83. The average molecular weight is 423 g/mol. The molecule has 126 valence electrons. The molecule has 0 saturated heterocycles. The van der Waals surface area contributed by atoms with Crippen LogP contribution in [-0.4, -0.2) is 32.1 Å². The first kappa shape index (κ1) is 20.8. The highest BCUT2D eigenvalue weighted by atomic mass is 127. The Labute approximate surface area is 149 Å². The van der Waals surface area contributed by atoms with Gasteiger partial charge in [-0.3, -0.25) is 4.99 Å². The van der Waals surface area contributed by atoms with E-state index >= 15 is 0 Å². The zero-order valence-corrected chi connectivity index (χ0v) is 16.3. The normalized spacial score (nSPS) is 12.6. The number of furan rings is 1. The molecule has 0 amide bonds. The number of nitrogens with one attached hydrogen (secondary N) is 2. The lowest BCUT2D eigenvalue weighted by molar-refractivity contribution is 0.0599. The molecule has 1 rings (SSSR count). The molecule has 0 aliphatic rings. The van der Waals surface area contributed by atoms with E-state index in [0.717, 1.165) is 0 Å². The highest BCUT2D eigenvalue weighted by molar-refractivity contribution is 14.0. The number of aryl methyl sites for hydroxylation is 1. The summed E-state index contributed by atoms with van der Waals surface area (Å²) in [7, 11) is 3.07. The summed E-state index contributed by atoms with van der Waals surface area (Å²) in [5.41, 5.74) is 0.452. The maximum absolute atomic E-state index is 11.5. The van der Waals surface area contributed by atoms with Gasteiger partial charge in [0, 0.05) is 13.1 Å². The van der Waals surface area contributed by atoms with E-state index in [1.54, 1.807) is 20.0 Å². The number of halogens is 1. The third-order valence-corrected chi connectivity index (χ3v) is 3.39. The molecular formula is C15H26IN3O3. The number of nitrogens with zero attached hydrogens (tertiary/aromatic N) is 1. The quantitative estimate of drug-likeness (QED) is 0.330. The van der Waals surface area contributed by atoms with Gasteiger partial charge in [-0.25, -0.2) is 4.79 Å². The Morgan fingerprint density at radius 1 is 1.41 bits per heavy atom. The Kier molecular flexibility index (Phi) is 9.15. The fourth-order valence-electron chi connectivity index (χ4n) is 1.69. The van der Waals surface area contributed by atoms with E-state index < -0.39 is 5.97 Å². The second kappa shape index (κ2) is 9.70. The maximum Gasteiger partial charge on any atom is 0.341 e. The first-order valence-corrected chi connectivity index (χ1v) is 7.03. The zero-order chi connectivity index (χ0) is 16.0. The van der Waals surface area contributed by atoms with E-state index in [4.69, 9.17) is 9.15 Å². The molecule has 0 aromatic carbocycles. The van der Waals surface area contributed by atoms with Gasteiger partial charge in [0.25, 0.3) is 0 Å². The minimum absolute atomic E-state index is 0. The number of carbonyl (C=O) groups is 1. The van der Waals surface area contributed by atoms with Gasteiger partial charge >= 0.3 is 5.97 Å². The Morgan fingerprint density at radius 2 is 2.05 bits per heavy atom. The van der Waals surface area contributed by atoms with Gasteiger partial charge in [0.15, 0.2) is 5.96 Å². The molecule has 0 fully saturated rings. The van der Waals surface area contributed by atoms with Crippen LogP contribution in [0.3, 0.4) is 0 Å². The maximum atomic E-state index is 11.5. The molecule has 22 heavy (non-hydrogen) atoms. The van der Waals surface area contributed by atoms with Crippen molar-refractivity contribution in [2.24, 2.45) is 10.9 Å². The van der Waals surface area contributed by atoms with Crippen LogP contribution in [0.2, 0.25) is 0 Å². The second-order valence-corrected chi connectivity index (χ2v) is 5.28. The zero-order valence-electron chi connectivity index (χ0n) is 14.0. The Morgan fingerprint density at radius 3 is 2.55 bits per heavy atom. The number of ether oxygens (including phenoxy) is 1. The number of aliphatic imine (C=N–C) groups is 1. The van der Waals surface area contributed by atoms with Crippen LogP contribution >= 0.6 is 24.0 Å². The molecule has 0 saturated carbocycles. The van der Waals surface area contributed by atoms with Gasteiger partial charge < -0.3 is 19.8 Å². The van der Waals surface area contributed by atoms with E-state index in [1.807, 2.05) is 0 Å². The van der Waals surface area contributed by atoms with Crippen molar-refractivity contribution in [2.75, 3.05) is 14.2 Å². The molecule has 0 aliphatic heterocycles. The molecule has 0 spiro atoms. The van der Waals surface area contributed by atoms with Gasteiger partial charge in [-0.1, -0.05) is 13.8 Å². The fraction of sp³-hybridized carbons (Fsp3) is 0.600. The highest BCUT2D eigenvalue weighted by Crippen LogP contribution is 2.15. The third-order valence-electron chi connectivity index (χ3n) is 3.39. The van der Waals surface area contributed by atoms with Crippen LogP contribution in [0.1, 0.15) is 42.6 Å². The molecule has 6 nitrogen and oxygen atoms in total. The third kappa shape index (κ3) is 5.86. The summed E-state index contributed by atoms with van der Waals surface area (Å²) in [6, 6.07) is 1.99. The highest BCUT2D eigenvalue weighted by Gasteiger charge is 2.15. The molecule has 1 heterocycles. The molecule has 0 bridgehead atoms. The minimum Gasteiger partial charge on any atom is -0.465 e. The van der Waals surface area contributed by atoms with E-state index in [0.29, 0.717) is 41.5 Å². The van der Waals surface area contributed by atoms with Crippen LogP contribution in [0.25, 0.3) is 0 Å². The molecule has 1 atom stereocenters. The number of rotatable bonds is 5. The monoisotopic (exact) mass is 423 g/mol.